The van der Waals surface area contributed by atoms with Crippen molar-refractivity contribution in [3.63, 3.8) is 0 Å². The Balaban J connectivity index is 2.88. The Morgan fingerprint density at radius 3 is 2.21 bits per heavy atom. The van der Waals surface area contributed by atoms with Crippen molar-refractivity contribution in [3.05, 3.63) is 33.4 Å². The van der Waals surface area contributed by atoms with Crippen molar-refractivity contribution in [2.45, 2.75) is 51.7 Å². The van der Waals surface area contributed by atoms with Gasteiger partial charge in [0.1, 0.15) is 0 Å². The summed E-state index contributed by atoms with van der Waals surface area (Å²) in [5.41, 5.74) is 4.06. The van der Waals surface area contributed by atoms with E-state index in [1.165, 1.54) is 9.13 Å². The monoisotopic (exact) mass is 376 g/mol. The van der Waals surface area contributed by atoms with Crippen LogP contribution < -0.4 is 11.3 Å². The number of hydrazine groups is 1. The molecule has 0 amide bonds. The average Bonchev–Trinajstić information content (AvgIpc) is 2.44. The highest BCUT2D eigenvalue weighted by molar-refractivity contribution is 14.1. The molecule has 108 valence electrons. The molecule has 4 heteroatoms. The molecule has 0 bridgehead atoms. The molecule has 0 aliphatic rings. The van der Waals surface area contributed by atoms with Crippen LogP contribution >= 0.6 is 22.6 Å². The molecule has 1 unspecified atom stereocenters. The summed E-state index contributed by atoms with van der Waals surface area (Å²) in [6.07, 6.45) is 2.79. The quantitative estimate of drug-likeness (QED) is 0.416. The Bertz CT molecular complexity index is 363. The van der Waals surface area contributed by atoms with Crippen molar-refractivity contribution in [3.8, 4) is 0 Å². The number of nitrogens with one attached hydrogen (secondary N) is 1. The van der Waals surface area contributed by atoms with Crippen molar-refractivity contribution < 1.29 is 4.74 Å². The van der Waals surface area contributed by atoms with Gasteiger partial charge in [-0.25, -0.2) is 0 Å². The Morgan fingerprint density at radius 2 is 1.79 bits per heavy atom. The third kappa shape index (κ3) is 4.41. The highest BCUT2D eigenvalue weighted by Crippen LogP contribution is 2.27. The van der Waals surface area contributed by atoms with Crippen LogP contribution in [0.3, 0.4) is 0 Å². The van der Waals surface area contributed by atoms with Crippen LogP contribution in [0.25, 0.3) is 0 Å². The van der Waals surface area contributed by atoms with Crippen LogP contribution in [-0.2, 0) is 11.2 Å². The molecule has 1 rings (SSSR count). The minimum Gasteiger partial charge on any atom is -0.374 e. The van der Waals surface area contributed by atoms with Crippen LogP contribution in [0.5, 0.6) is 0 Å². The first-order valence-electron chi connectivity index (χ1n) is 6.96. The second kappa shape index (κ2) is 8.19. The number of nitrogens with two attached hydrogens (primary N) is 1. The molecule has 0 saturated heterocycles. The zero-order chi connectivity index (χ0) is 14.3. The van der Waals surface area contributed by atoms with E-state index in [1.54, 1.807) is 0 Å². The lowest BCUT2D eigenvalue weighted by Gasteiger charge is -2.39. The number of benzene rings is 1. The third-order valence-electron chi connectivity index (χ3n) is 3.82. The van der Waals surface area contributed by atoms with E-state index in [0.717, 1.165) is 19.3 Å². The lowest BCUT2D eigenvalue weighted by molar-refractivity contribution is -0.0719. The summed E-state index contributed by atoms with van der Waals surface area (Å²) < 4.78 is 7.28. The Hall–Kier alpha value is -0.170. The minimum atomic E-state index is -0.188. The van der Waals surface area contributed by atoms with Crippen molar-refractivity contribution in [1.29, 1.82) is 0 Å². The van der Waals surface area contributed by atoms with Gasteiger partial charge in [-0.05, 0) is 66.5 Å². The fourth-order valence-electron chi connectivity index (χ4n) is 2.59. The summed E-state index contributed by atoms with van der Waals surface area (Å²) in [5.74, 6) is 5.79. The molecule has 0 aliphatic carbocycles. The number of hydrogen-bond acceptors (Lipinski definition) is 3. The van der Waals surface area contributed by atoms with Crippen molar-refractivity contribution in [2.75, 3.05) is 6.61 Å². The molecule has 0 radical (unpaired) electrons. The fourth-order valence-corrected chi connectivity index (χ4v) is 2.95. The van der Waals surface area contributed by atoms with E-state index in [-0.39, 0.29) is 11.6 Å². The van der Waals surface area contributed by atoms with Gasteiger partial charge in [0, 0.05) is 10.2 Å². The van der Waals surface area contributed by atoms with Crippen LogP contribution in [0.15, 0.2) is 24.3 Å². The predicted octanol–water partition coefficient (Wildman–Crippen LogP) is 3.26. The first-order chi connectivity index (χ1) is 9.11. The SMILES string of the molecule is CCOC(CC)(CC)C(Cc1ccc(I)cc1)NN. The van der Waals surface area contributed by atoms with Gasteiger partial charge >= 0.3 is 0 Å². The first kappa shape index (κ1) is 16.9. The summed E-state index contributed by atoms with van der Waals surface area (Å²) in [4.78, 5) is 0. The molecule has 0 heterocycles. The van der Waals surface area contributed by atoms with E-state index >= 15 is 0 Å². The number of rotatable bonds is 8. The molecule has 1 aromatic rings. The van der Waals surface area contributed by atoms with E-state index in [1.807, 2.05) is 6.92 Å². The van der Waals surface area contributed by atoms with Crippen LogP contribution in [-0.4, -0.2) is 18.2 Å². The van der Waals surface area contributed by atoms with Crippen LogP contribution in [0.4, 0.5) is 0 Å². The van der Waals surface area contributed by atoms with E-state index in [4.69, 9.17) is 10.6 Å². The van der Waals surface area contributed by atoms with Gasteiger partial charge in [0.25, 0.3) is 0 Å². The topological polar surface area (TPSA) is 47.3 Å². The molecule has 1 aromatic carbocycles. The van der Waals surface area contributed by atoms with Crippen LogP contribution in [0, 0.1) is 3.57 Å². The largest absolute Gasteiger partial charge is 0.374 e. The van der Waals surface area contributed by atoms with Crippen molar-refractivity contribution >= 4 is 22.6 Å². The van der Waals surface area contributed by atoms with Gasteiger partial charge in [0.15, 0.2) is 0 Å². The number of hydrogen-bond donors (Lipinski definition) is 2. The molecule has 0 aromatic heterocycles. The van der Waals surface area contributed by atoms with Gasteiger partial charge in [-0.3, -0.25) is 11.3 Å². The molecular weight excluding hydrogens is 351 g/mol. The van der Waals surface area contributed by atoms with E-state index in [9.17, 15) is 0 Å². The standard InChI is InChI=1S/C15H25IN2O/c1-4-15(5-2,19-6-3)14(18-17)11-12-7-9-13(16)10-8-12/h7-10,14,18H,4-6,11,17H2,1-3H3. The van der Waals surface area contributed by atoms with Crippen LogP contribution in [0.2, 0.25) is 0 Å². The van der Waals surface area contributed by atoms with Gasteiger partial charge in [-0.1, -0.05) is 26.0 Å². The molecule has 1 atom stereocenters. The second-order valence-electron chi connectivity index (χ2n) is 4.75. The van der Waals surface area contributed by atoms with Crippen molar-refractivity contribution in [1.82, 2.24) is 5.43 Å². The summed E-state index contributed by atoms with van der Waals surface area (Å²) in [6.45, 7) is 7.08. The summed E-state index contributed by atoms with van der Waals surface area (Å²) >= 11 is 2.32. The molecule has 0 aliphatic heterocycles. The third-order valence-corrected chi connectivity index (χ3v) is 4.54. The Morgan fingerprint density at radius 1 is 1.21 bits per heavy atom. The maximum absolute atomic E-state index is 6.03. The van der Waals surface area contributed by atoms with Gasteiger partial charge in [-0.2, -0.15) is 0 Å². The molecule has 19 heavy (non-hydrogen) atoms. The molecule has 3 N–H and O–H groups in total. The van der Waals surface area contributed by atoms with Gasteiger partial charge in [0.05, 0.1) is 11.6 Å². The van der Waals surface area contributed by atoms with Gasteiger partial charge < -0.3 is 4.74 Å². The van der Waals surface area contributed by atoms with E-state index in [0.29, 0.717) is 6.61 Å². The van der Waals surface area contributed by atoms with Crippen molar-refractivity contribution in [2.24, 2.45) is 5.84 Å². The molecule has 3 nitrogen and oxygen atoms in total. The minimum absolute atomic E-state index is 0.127. The average molecular weight is 376 g/mol. The maximum atomic E-state index is 6.03. The predicted molar refractivity (Wildman–Crippen MR) is 88.9 cm³/mol. The lowest BCUT2D eigenvalue weighted by atomic mass is 9.84. The maximum Gasteiger partial charge on any atom is 0.0846 e. The lowest BCUT2D eigenvalue weighted by Crippen LogP contribution is -2.55. The Kier molecular flexibility index (Phi) is 7.28. The highest BCUT2D eigenvalue weighted by atomic mass is 127. The highest BCUT2D eigenvalue weighted by Gasteiger charge is 2.35. The van der Waals surface area contributed by atoms with Gasteiger partial charge in [-0.15, -0.1) is 0 Å². The van der Waals surface area contributed by atoms with Gasteiger partial charge in [0.2, 0.25) is 0 Å². The zero-order valence-electron chi connectivity index (χ0n) is 12.1. The Labute approximate surface area is 130 Å². The van der Waals surface area contributed by atoms with Crippen LogP contribution in [0.1, 0.15) is 39.2 Å². The number of ether oxygens (including phenoxy) is 1. The molecule has 0 spiro atoms. The number of halogens is 1. The summed E-state index contributed by atoms with van der Waals surface area (Å²) in [7, 11) is 0. The second-order valence-corrected chi connectivity index (χ2v) is 6.00. The molecule has 0 saturated carbocycles. The summed E-state index contributed by atoms with van der Waals surface area (Å²) in [5, 5.41) is 0. The summed E-state index contributed by atoms with van der Waals surface area (Å²) in [6, 6.07) is 8.71. The molecular formula is C15H25IN2O. The fraction of sp³-hybridized carbons (Fsp3) is 0.600. The normalized spacial score (nSPS) is 13.5. The van der Waals surface area contributed by atoms with E-state index in [2.05, 4.69) is 66.1 Å². The van der Waals surface area contributed by atoms with E-state index < -0.39 is 0 Å². The smallest absolute Gasteiger partial charge is 0.0846 e. The zero-order valence-corrected chi connectivity index (χ0v) is 14.2. The first-order valence-corrected chi connectivity index (χ1v) is 8.04. The molecule has 0 fully saturated rings.